The summed E-state index contributed by atoms with van der Waals surface area (Å²) in [5.41, 5.74) is 1.51. The molecule has 0 saturated carbocycles. The van der Waals surface area contributed by atoms with Crippen LogP contribution in [0.25, 0.3) is 0 Å². The Morgan fingerprint density at radius 2 is 1.83 bits per heavy atom. The Bertz CT molecular complexity index is 826. The smallest absolute Gasteiger partial charge is 0.255 e. The summed E-state index contributed by atoms with van der Waals surface area (Å²) in [7, 11) is 4.73. The standard InChI is InChI=1S/C22H26BrNO5/c1-26-19-11-15(12-20(27-2)21(19)28-3)13-24(14-16-7-6-10-29-16)22(25)17-8-4-5-9-18(17)23/h4-5,8-9,11-12,16H,6-7,10,13-14H2,1-3H3/t16-/m0/s1. The lowest BCUT2D eigenvalue weighted by atomic mass is 10.1. The number of hydrogen-bond donors (Lipinski definition) is 0. The molecular formula is C22H26BrNO5. The van der Waals surface area contributed by atoms with E-state index in [0.717, 1.165) is 29.5 Å². The second kappa shape index (κ2) is 9.98. The van der Waals surface area contributed by atoms with Crippen molar-refractivity contribution in [1.82, 2.24) is 4.90 Å². The highest BCUT2D eigenvalue weighted by molar-refractivity contribution is 9.10. The number of hydrogen-bond acceptors (Lipinski definition) is 5. The molecule has 1 heterocycles. The molecule has 6 nitrogen and oxygen atoms in total. The number of carbonyl (C=O) groups is 1. The van der Waals surface area contributed by atoms with Crippen LogP contribution >= 0.6 is 15.9 Å². The second-order valence-corrected chi connectivity index (χ2v) is 7.69. The first-order valence-corrected chi connectivity index (χ1v) is 10.3. The minimum atomic E-state index is -0.0540. The fourth-order valence-corrected chi connectivity index (χ4v) is 3.96. The Morgan fingerprint density at radius 3 is 2.38 bits per heavy atom. The minimum Gasteiger partial charge on any atom is -0.493 e. The van der Waals surface area contributed by atoms with Gasteiger partial charge in [-0.25, -0.2) is 0 Å². The van der Waals surface area contributed by atoms with Crippen LogP contribution in [0, 0.1) is 0 Å². The van der Waals surface area contributed by atoms with Gasteiger partial charge in [0, 0.05) is 24.2 Å². The van der Waals surface area contributed by atoms with E-state index in [4.69, 9.17) is 18.9 Å². The van der Waals surface area contributed by atoms with Gasteiger partial charge in [0.05, 0.1) is 33.0 Å². The molecule has 0 N–H and O–H groups in total. The maximum absolute atomic E-state index is 13.3. The third-order valence-electron chi connectivity index (χ3n) is 4.94. The van der Waals surface area contributed by atoms with E-state index in [1.54, 1.807) is 21.3 Å². The fraction of sp³-hybridized carbons (Fsp3) is 0.409. The van der Waals surface area contributed by atoms with Gasteiger partial charge in [-0.05, 0) is 58.6 Å². The third kappa shape index (κ3) is 5.03. The van der Waals surface area contributed by atoms with Crippen LogP contribution in [-0.4, -0.2) is 51.4 Å². The van der Waals surface area contributed by atoms with Crippen LogP contribution in [0.4, 0.5) is 0 Å². The number of carbonyl (C=O) groups excluding carboxylic acids is 1. The van der Waals surface area contributed by atoms with E-state index >= 15 is 0 Å². The van der Waals surface area contributed by atoms with E-state index in [-0.39, 0.29) is 12.0 Å². The first-order valence-electron chi connectivity index (χ1n) is 9.51. The lowest BCUT2D eigenvalue weighted by Gasteiger charge is -2.27. The van der Waals surface area contributed by atoms with E-state index in [2.05, 4.69) is 15.9 Å². The number of nitrogens with zero attached hydrogens (tertiary/aromatic N) is 1. The van der Waals surface area contributed by atoms with Crippen molar-refractivity contribution in [3.8, 4) is 17.2 Å². The molecule has 1 aliphatic rings. The number of amides is 1. The molecule has 0 spiro atoms. The Hall–Kier alpha value is -2.25. The average Bonchev–Trinajstić information content (AvgIpc) is 3.25. The lowest BCUT2D eigenvalue weighted by Crippen LogP contribution is -2.37. The number of ether oxygens (including phenoxy) is 4. The SMILES string of the molecule is COc1cc(CN(C[C@@H]2CCCO2)C(=O)c2ccccc2Br)cc(OC)c1OC. The maximum atomic E-state index is 13.3. The Morgan fingerprint density at radius 1 is 1.14 bits per heavy atom. The van der Waals surface area contributed by atoms with E-state index in [1.807, 2.05) is 41.3 Å². The first kappa shape index (κ1) is 21.5. The topological polar surface area (TPSA) is 57.2 Å². The monoisotopic (exact) mass is 463 g/mol. The molecule has 0 aromatic heterocycles. The highest BCUT2D eigenvalue weighted by atomic mass is 79.9. The fourth-order valence-electron chi connectivity index (χ4n) is 3.51. The zero-order valence-electron chi connectivity index (χ0n) is 16.9. The Kier molecular flexibility index (Phi) is 7.39. The predicted molar refractivity (Wildman–Crippen MR) is 114 cm³/mol. The van der Waals surface area contributed by atoms with Crippen molar-refractivity contribution in [3.05, 3.63) is 52.0 Å². The van der Waals surface area contributed by atoms with Gasteiger partial charge in [0.25, 0.3) is 5.91 Å². The van der Waals surface area contributed by atoms with Crippen LogP contribution in [0.3, 0.4) is 0 Å². The molecular weight excluding hydrogens is 438 g/mol. The molecule has 7 heteroatoms. The van der Waals surface area contributed by atoms with Crippen molar-refractivity contribution in [2.24, 2.45) is 0 Å². The van der Waals surface area contributed by atoms with Crippen LogP contribution in [0.15, 0.2) is 40.9 Å². The number of methoxy groups -OCH3 is 3. The van der Waals surface area contributed by atoms with E-state index < -0.39 is 0 Å². The van der Waals surface area contributed by atoms with Crippen molar-refractivity contribution in [3.63, 3.8) is 0 Å². The molecule has 2 aromatic carbocycles. The molecule has 2 aromatic rings. The van der Waals surface area contributed by atoms with Crippen LogP contribution in [0.1, 0.15) is 28.8 Å². The number of rotatable bonds is 8. The molecule has 0 unspecified atom stereocenters. The van der Waals surface area contributed by atoms with Gasteiger partial charge >= 0.3 is 0 Å². The molecule has 0 aliphatic carbocycles. The summed E-state index contributed by atoms with van der Waals surface area (Å²) in [5.74, 6) is 1.60. The van der Waals surface area contributed by atoms with Crippen molar-refractivity contribution in [2.75, 3.05) is 34.5 Å². The highest BCUT2D eigenvalue weighted by Crippen LogP contribution is 2.38. The van der Waals surface area contributed by atoms with Gasteiger partial charge in [0.1, 0.15) is 0 Å². The molecule has 1 aliphatic heterocycles. The summed E-state index contributed by atoms with van der Waals surface area (Å²) in [6.07, 6.45) is 2.02. The Labute approximate surface area is 179 Å². The van der Waals surface area contributed by atoms with E-state index in [0.29, 0.717) is 35.9 Å². The van der Waals surface area contributed by atoms with Crippen molar-refractivity contribution < 1.29 is 23.7 Å². The zero-order valence-corrected chi connectivity index (χ0v) is 18.5. The summed E-state index contributed by atoms with van der Waals surface area (Å²) in [6.45, 7) is 1.67. The predicted octanol–water partition coefficient (Wildman–Crippen LogP) is 4.30. The quantitative estimate of drug-likeness (QED) is 0.584. The molecule has 29 heavy (non-hydrogen) atoms. The molecule has 1 fully saturated rings. The van der Waals surface area contributed by atoms with Crippen LogP contribution in [-0.2, 0) is 11.3 Å². The molecule has 3 rings (SSSR count). The van der Waals surface area contributed by atoms with Gasteiger partial charge in [-0.15, -0.1) is 0 Å². The normalized spacial score (nSPS) is 15.8. The molecule has 1 saturated heterocycles. The second-order valence-electron chi connectivity index (χ2n) is 6.83. The lowest BCUT2D eigenvalue weighted by molar-refractivity contribution is 0.0506. The Balaban J connectivity index is 1.92. The summed E-state index contributed by atoms with van der Waals surface area (Å²) < 4.78 is 22.9. The van der Waals surface area contributed by atoms with Crippen molar-refractivity contribution in [1.29, 1.82) is 0 Å². The first-order chi connectivity index (χ1) is 14.1. The highest BCUT2D eigenvalue weighted by Gasteiger charge is 2.25. The number of benzene rings is 2. The summed E-state index contributed by atoms with van der Waals surface area (Å²) in [4.78, 5) is 15.2. The van der Waals surface area contributed by atoms with Gasteiger partial charge in [0.15, 0.2) is 11.5 Å². The van der Waals surface area contributed by atoms with E-state index in [1.165, 1.54) is 0 Å². The van der Waals surface area contributed by atoms with Gasteiger partial charge < -0.3 is 23.8 Å². The van der Waals surface area contributed by atoms with Crippen molar-refractivity contribution >= 4 is 21.8 Å². The maximum Gasteiger partial charge on any atom is 0.255 e. The molecule has 156 valence electrons. The molecule has 1 atom stereocenters. The summed E-state index contributed by atoms with van der Waals surface area (Å²) in [6, 6.07) is 11.2. The van der Waals surface area contributed by atoms with Crippen LogP contribution in [0.2, 0.25) is 0 Å². The third-order valence-corrected chi connectivity index (χ3v) is 5.63. The minimum absolute atomic E-state index is 0.0449. The van der Waals surface area contributed by atoms with Gasteiger partial charge in [-0.1, -0.05) is 12.1 Å². The van der Waals surface area contributed by atoms with Crippen molar-refractivity contribution in [2.45, 2.75) is 25.5 Å². The van der Waals surface area contributed by atoms with Crippen LogP contribution in [0.5, 0.6) is 17.2 Å². The van der Waals surface area contributed by atoms with Gasteiger partial charge in [-0.2, -0.15) is 0 Å². The molecule has 0 bridgehead atoms. The summed E-state index contributed by atoms with van der Waals surface area (Å²) >= 11 is 3.49. The summed E-state index contributed by atoms with van der Waals surface area (Å²) in [5, 5.41) is 0. The van der Waals surface area contributed by atoms with Gasteiger partial charge in [0.2, 0.25) is 5.75 Å². The largest absolute Gasteiger partial charge is 0.493 e. The van der Waals surface area contributed by atoms with Crippen LogP contribution < -0.4 is 14.2 Å². The number of halogens is 1. The zero-order chi connectivity index (χ0) is 20.8. The van der Waals surface area contributed by atoms with E-state index in [9.17, 15) is 4.79 Å². The average molecular weight is 464 g/mol. The molecule has 1 amide bonds. The molecule has 0 radical (unpaired) electrons. The van der Waals surface area contributed by atoms with Gasteiger partial charge in [-0.3, -0.25) is 4.79 Å².